The lowest BCUT2D eigenvalue weighted by atomic mass is 9.93. The second-order valence-corrected chi connectivity index (χ2v) is 9.59. The molecule has 5 aromatic rings. The Kier molecular flexibility index (Phi) is 5.16. The third-order valence-electron chi connectivity index (χ3n) is 6.20. The molecule has 166 valence electrons. The van der Waals surface area contributed by atoms with Crippen LogP contribution in [-0.2, 0) is 0 Å². The first-order chi connectivity index (χ1) is 16.2. The van der Waals surface area contributed by atoms with Crippen molar-refractivity contribution in [2.75, 3.05) is 10.6 Å². The highest BCUT2D eigenvalue weighted by Crippen LogP contribution is 2.33. The number of aromatic amines is 1. The van der Waals surface area contributed by atoms with Crippen LogP contribution in [0.15, 0.2) is 60.8 Å². The molecule has 8 heteroatoms. The first-order valence-corrected chi connectivity index (χ1v) is 12.0. The summed E-state index contributed by atoms with van der Waals surface area (Å²) in [6.45, 7) is 0. The molecule has 0 aliphatic heterocycles. The molecule has 2 aromatic carbocycles. The van der Waals surface area contributed by atoms with E-state index >= 15 is 0 Å². The number of pyridine rings is 1. The van der Waals surface area contributed by atoms with Crippen LogP contribution < -0.4 is 10.6 Å². The van der Waals surface area contributed by atoms with E-state index in [0.29, 0.717) is 6.04 Å². The Hall–Kier alpha value is -3.49. The average molecular weight is 457 g/mol. The SMILES string of the molecule is OC1CCC(Nc2cccc(Nc3nc4ccc(-c5ccc6cn[nH]c6c5)cc4s3)n2)CC1. The number of anilines is 3. The summed E-state index contributed by atoms with van der Waals surface area (Å²) in [5.74, 6) is 1.61. The number of thiazole rings is 1. The fraction of sp³-hybridized carbons (Fsp3) is 0.240. The molecule has 1 aliphatic rings. The molecule has 3 aromatic heterocycles. The summed E-state index contributed by atoms with van der Waals surface area (Å²) < 4.78 is 1.12. The molecule has 0 atom stereocenters. The molecular formula is C25H24N6OS. The zero-order chi connectivity index (χ0) is 22.2. The number of aliphatic hydroxyl groups excluding tert-OH is 1. The number of benzene rings is 2. The number of H-pyrrole nitrogens is 1. The van der Waals surface area contributed by atoms with Gasteiger partial charge in [-0.15, -0.1) is 0 Å². The normalized spacial score (nSPS) is 18.6. The molecule has 0 bridgehead atoms. The minimum atomic E-state index is -0.156. The molecule has 3 heterocycles. The first-order valence-electron chi connectivity index (χ1n) is 11.2. The topological polar surface area (TPSA) is 98.7 Å². The van der Waals surface area contributed by atoms with Crippen molar-refractivity contribution >= 4 is 49.2 Å². The molecule has 0 saturated heterocycles. The summed E-state index contributed by atoms with van der Waals surface area (Å²) >= 11 is 1.62. The van der Waals surface area contributed by atoms with E-state index in [0.717, 1.165) is 74.7 Å². The van der Waals surface area contributed by atoms with Crippen molar-refractivity contribution in [2.45, 2.75) is 37.8 Å². The third kappa shape index (κ3) is 4.27. The smallest absolute Gasteiger partial charge is 0.189 e. The number of hydrogen-bond acceptors (Lipinski definition) is 7. The maximum Gasteiger partial charge on any atom is 0.189 e. The Labute approximate surface area is 194 Å². The second-order valence-electron chi connectivity index (χ2n) is 8.56. The van der Waals surface area contributed by atoms with Gasteiger partial charge in [-0.2, -0.15) is 5.10 Å². The lowest BCUT2D eigenvalue weighted by Crippen LogP contribution is -2.28. The molecule has 4 N–H and O–H groups in total. The number of aliphatic hydroxyl groups is 1. The van der Waals surface area contributed by atoms with Gasteiger partial charge >= 0.3 is 0 Å². The predicted molar refractivity (Wildman–Crippen MR) is 134 cm³/mol. The lowest BCUT2D eigenvalue weighted by molar-refractivity contribution is 0.126. The van der Waals surface area contributed by atoms with Crippen LogP contribution in [0.3, 0.4) is 0 Å². The van der Waals surface area contributed by atoms with Gasteiger partial charge in [-0.25, -0.2) is 9.97 Å². The first kappa shape index (κ1) is 20.1. The van der Waals surface area contributed by atoms with Gasteiger partial charge in [-0.05, 0) is 67.1 Å². The number of hydrogen-bond donors (Lipinski definition) is 4. The number of fused-ring (bicyclic) bond motifs is 2. The van der Waals surface area contributed by atoms with Crippen LogP contribution in [0.2, 0.25) is 0 Å². The van der Waals surface area contributed by atoms with Crippen LogP contribution in [0.1, 0.15) is 25.7 Å². The Morgan fingerprint density at radius 3 is 2.64 bits per heavy atom. The summed E-state index contributed by atoms with van der Waals surface area (Å²) in [7, 11) is 0. The zero-order valence-electron chi connectivity index (χ0n) is 18.0. The van der Waals surface area contributed by atoms with Crippen molar-refractivity contribution in [3.05, 3.63) is 60.8 Å². The molecule has 0 radical (unpaired) electrons. The van der Waals surface area contributed by atoms with Crippen LogP contribution in [0.25, 0.3) is 32.2 Å². The molecule has 0 spiro atoms. The van der Waals surface area contributed by atoms with Gasteiger partial charge in [0, 0.05) is 11.4 Å². The van der Waals surface area contributed by atoms with Crippen molar-refractivity contribution in [3.63, 3.8) is 0 Å². The van der Waals surface area contributed by atoms with Crippen molar-refractivity contribution in [1.82, 2.24) is 20.2 Å². The van der Waals surface area contributed by atoms with Crippen molar-refractivity contribution in [3.8, 4) is 11.1 Å². The standard InChI is InChI=1S/C25H24N6OS/c32-19-9-7-18(8-10-19)27-23-2-1-3-24(29-23)30-25-28-20-11-6-16(13-22(20)33-25)15-4-5-17-14-26-31-21(17)12-15/h1-6,11-14,18-19,32H,7-10H2,(H,26,31)(H2,27,28,29,30). The van der Waals surface area contributed by atoms with Crippen LogP contribution >= 0.6 is 11.3 Å². The molecular weight excluding hydrogens is 432 g/mol. The van der Waals surface area contributed by atoms with E-state index in [2.05, 4.69) is 57.2 Å². The van der Waals surface area contributed by atoms with Gasteiger partial charge in [0.05, 0.1) is 28.0 Å². The summed E-state index contributed by atoms with van der Waals surface area (Å²) in [4.78, 5) is 9.45. The highest BCUT2D eigenvalue weighted by Gasteiger charge is 2.19. The molecule has 1 fully saturated rings. The van der Waals surface area contributed by atoms with Gasteiger partial charge in [0.15, 0.2) is 5.13 Å². The van der Waals surface area contributed by atoms with Crippen LogP contribution in [0, 0.1) is 0 Å². The number of aromatic nitrogens is 4. The number of nitrogens with zero attached hydrogens (tertiary/aromatic N) is 3. The molecule has 6 rings (SSSR count). The van der Waals surface area contributed by atoms with Gasteiger partial charge in [0.2, 0.25) is 0 Å². The van der Waals surface area contributed by atoms with E-state index < -0.39 is 0 Å². The monoisotopic (exact) mass is 456 g/mol. The zero-order valence-corrected chi connectivity index (χ0v) is 18.8. The molecule has 1 saturated carbocycles. The van der Waals surface area contributed by atoms with Crippen LogP contribution in [0.4, 0.5) is 16.8 Å². The lowest BCUT2D eigenvalue weighted by Gasteiger charge is -2.26. The highest BCUT2D eigenvalue weighted by molar-refractivity contribution is 7.22. The van der Waals surface area contributed by atoms with Crippen LogP contribution in [0.5, 0.6) is 0 Å². The van der Waals surface area contributed by atoms with Gasteiger partial charge in [0.25, 0.3) is 0 Å². The van der Waals surface area contributed by atoms with E-state index in [4.69, 9.17) is 9.97 Å². The van der Waals surface area contributed by atoms with Gasteiger partial charge in [0.1, 0.15) is 11.6 Å². The predicted octanol–water partition coefficient (Wildman–Crippen LogP) is 5.69. The second kappa shape index (κ2) is 8.46. The van der Waals surface area contributed by atoms with E-state index in [9.17, 15) is 5.11 Å². The quantitative estimate of drug-likeness (QED) is 0.271. The van der Waals surface area contributed by atoms with Gasteiger partial charge < -0.3 is 15.7 Å². The summed E-state index contributed by atoms with van der Waals surface area (Å²) in [6, 6.07) is 19.0. The molecule has 7 nitrogen and oxygen atoms in total. The fourth-order valence-corrected chi connectivity index (χ4v) is 5.31. The van der Waals surface area contributed by atoms with E-state index in [1.807, 2.05) is 24.4 Å². The van der Waals surface area contributed by atoms with Crippen molar-refractivity contribution < 1.29 is 5.11 Å². The van der Waals surface area contributed by atoms with Crippen molar-refractivity contribution in [1.29, 1.82) is 0 Å². The average Bonchev–Trinajstić information content (AvgIpc) is 3.46. The third-order valence-corrected chi connectivity index (χ3v) is 7.13. The number of nitrogens with one attached hydrogen (secondary N) is 3. The van der Waals surface area contributed by atoms with E-state index in [-0.39, 0.29) is 6.10 Å². The Morgan fingerprint density at radius 1 is 0.909 bits per heavy atom. The summed E-state index contributed by atoms with van der Waals surface area (Å²) in [5.41, 5.74) is 4.29. The Balaban J connectivity index is 1.20. The number of rotatable bonds is 5. The minimum absolute atomic E-state index is 0.156. The summed E-state index contributed by atoms with van der Waals surface area (Å²) in [6.07, 6.45) is 5.30. The molecule has 1 aliphatic carbocycles. The van der Waals surface area contributed by atoms with Crippen molar-refractivity contribution in [2.24, 2.45) is 0 Å². The van der Waals surface area contributed by atoms with E-state index in [1.54, 1.807) is 11.3 Å². The van der Waals surface area contributed by atoms with E-state index in [1.165, 1.54) is 0 Å². The summed E-state index contributed by atoms with van der Waals surface area (Å²) in [5, 5.41) is 25.6. The van der Waals surface area contributed by atoms with Gasteiger partial charge in [-0.1, -0.05) is 35.6 Å². The minimum Gasteiger partial charge on any atom is -0.393 e. The largest absolute Gasteiger partial charge is 0.393 e. The van der Waals surface area contributed by atoms with Crippen LogP contribution in [-0.4, -0.2) is 37.4 Å². The fourth-order valence-electron chi connectivity index (χ4n) is 4.40. The Bertz CT molecular complexity index is 1420. The maximum absolute atomic E-state index is 9.71. The highest BCUT2D eigenvalue weighted by atomic mass is 32.1. The molecule has 0 amide bonds. The molecule has 0 unspecified atom stereocenters. The van der Waals surface area contributed by atoms with Gasteiger partial charge in [-0.3, -0.25) is 5.10 Å². The Morgan fingerprint density at radius 2 is 1.73 bits per heavy atom. The molecule has 33 heavy (non-hydrogen) atoms. The maximum atomic E-state index is 9.71.